The lowest BCUT2D eigenvalue weighted by molar-refractivity contribution is 0.150. The number of nitrogens with one attached hydrogen (secondary N) is 1. The van der Waals surface area contributed by atoms with Gasteiger partial charge >= 0.3 is 6.09 Å². The number of halogens is 1. The highest BCUT2D eigenvalue weighted by atomic mass is 35.5. The molecule has 2 heterocycles. The molecular weight excluding hydrogens is 374 g/mol. The summed E-state index contributed by atoms with van der Waals surface area (Å²) < 4.78 is 7.05. The molecular formula is C18H20ClN3O3S. The first-order chi connectivity index (χ1) is 12.6. The molecule has 1 atom stereocenters. The number of hydrogen-bond donors (Lipinski definition) is 1. The Morgan fingerprint density at radius 1 is 1.27 bits per heavy atom. The van der Waals surface area contributed by atoms with E-state index in [0.29, 0.717) is 33.4 Å². The molecule has 0 bridgehead atoms. The van der Waals surface area contributed by atoms with E-state index in [0.717, 1.165) is 25.7 Å². The predicted octanol–water partition coefficient (Wildman–Crippen LogP) is 3.76. The topological polar surface area (TPSA) is 73.2 Å². The number of carbonyl (C=O) groups is 1. The maximum atomic E-state index is 13.2. The van der Waals surface area contributed by atoms with Gasteiger partial charge in [-0.1, -0.05) is 42.6 Å². The first kappa shape index (κ1) is 17.7. The molecule has 2 fully saturated rings. The number of carbonyl (C=O) groups excluding carboxylic acids is 1. The van der Waals surface area contributed by atoms with E-state index in [1.165, 1.54) is 18.2 Å². The number of fused-ring (bicyclic) bond motifs is 1. The first-order valence-electron chi connectivity index (χ1n) is 8.91. The standard InChI is InChI=1S/C18H20ClN3O3S/c19-11-6-7-14-15(8-11)21-17(26-10-13-9-20-18(24)25-13)22(16(14)23)12-4-2-1-3-5-12/h6-8,12-13H,1-5,9-10H2,(H,20,24). The van der Waals surface area contributed by atoms with Crippen LogP contribution in [0.1, 0.15) is 38.1 Å². The number of ether oxygens (including phenoxy) is 1. The van der Waals surface area contributed by atoms with E-state index >= 15 is 0 Å². The number of aromatic nitrogens is 2. The molecule has 1 N–H and O–H groups in total. The quantitative estimate of drug-likeness (QED) is 0.632. The Labute approximate surface area is 160 Å². The van der Waals surface area contributed by atoms with E-state index in [9.17, 15) is 9.59 Å². The second-order valence-electron chi connectivity index (χ2n) is 6.74. The number of alkyl carbamates (subject to hydrolysis) is 1. The van der Waals surface area contributed by atoms with Crippen LogP contribution in [-0.4, -0.2) is 34.0 Å². The number of thioether (sulfide) groups is 1. The molecule has 6 nitrogen and oxygen atoms in total. The van der Waals surface area contributed by atoms with Gasteiger partial charge < -0.3 is 10.1 Å². The normalized spacial score (nSPS) is 21.0. The molecule has 1 aromatic carbocycles. The zero-order valence-corrected chi connectivity index (χ0v) is 15.8. The highest BCUT2D eigenvalue weighted by Gasteiger charge is 2.26. The SMILES string of the molecule is O=C1NCC(CSc2nc3cc(Cl)ccc3c(=O)n2C2CCCCC2)O1. The van der Waals surface area contributed by atoms with Crippen molar-refractivity contribution in [2.24, 2.45) is 0 Å². The molecule has 2 aromatic rings. The highest BCUT2D eigenvalue weighted by molar-refractivity contribution is 7.99. The molecule has 26 heavy (non-hydrogen) atoms. The van der Waals surface area contributed by atoms with E-state index in [4.69, 9.17) is 21.3 Å². The number of cyclic esters (lactones) is 1. The number of hydrogen-bond acceptors (Lipinski definition) is 5. The summed E-state index contributed by atoms with van der Waals surface area (Å²) in [5, 5.41) is 4.49. The van der Waals surface area contributed by atoms with Gasteiger partial charge in [-0.25, -0.2) is 9.78 Å². The minimum atomic E-state index is -0.390. The Morgan fingerprint density at radius 3 is 2.81 bits per heavy atom. The average molecular weight is 394 g/mol. The van der Waals surface area contributed by atoms with Gasteiger partial charge in [-0.05, 0) is 31.0 Å². The van der Waals surface area contributed by atoms with Crippen LogP contribution in [0.3, 0.4) is 0 Å². The Balaban J connectivity index is 1.72. The van der Waals surface area contributed by atoms with Crippen molar-refractivity contribution in [3.05, 3.63) is 33.6 Å². The zero-order chi connectivity index (χ0) is 18.1. The van der Waals surface area contributed by atoms with Crippen LogP contribution in [-0.2, 0) is 4.74 Å². The summed E-state index contributed by atoms with van der Waals surface area (Å²) >= 11 is 7.55. The second-order valence-corrected chi connectivity index (χ2v) is 8.17. The van der Waals surface area contributed by atoms with Crippen molar-refractivity contribution in [1.82, 2.24) is 14.9 Å². The van der Waals surface area contributed by atoms with Crippen molar-refractivity contribution in [3.63, 3.8) is 0 Å². The van der Waals surface area contributed by atoms with Gasteiger partial charge in [-0.2, -0.15) is 0 Å². The van der Waals surface area contributed by atoms with Crippen LogP contribution in [0.4, 0.5) is 4.79 Å². The molecule has 2 aliphatic rings. The van der Waals surface area contributed by atoms with Gasteiger partial charge in [0.05, 0.1) is 17.4 Å². The Morgan fingerprint density at radius 2 is 2.08 bits per heavy atom. The number of nitrogens with zero attached hydrogens (tertiary/aromatic N) is 2. The van der Waals surface area contributed by atoms with Gasteiger partial charge in [-0.15, -0.1) is 0 Å². The van der Waals surface area contributed by atoms with Gasteiger partial charge in [0, 0.05) is 16.8 Å². The van der Waals surface area contributed by atoms with Crippen molar-refractivity contribution in [1.29, 1.82) is 0 Å². The molecule has 1 saturated carbocycles. The summed E-state index contributed by atoms with van der Waals surface area (Å²) in [7, 11) is 0. The van der Waals surface area contributed by atoms with Crippen molar-refractivity contribution >= 4 is 40.4 Å². The molecule has 0 spiro atoms. The van der Waals surface area contributed by atoms with Gasteiger partial charge in [0.15, 0.2) is 5.16 Å². The molecule has 1 aliphatic carbocycles. The minimum absolute atomic E-state index is 0.0115. The molecule has 1 aromatic heterocycles. The van der Waals surface area contributed by atoms with Crippen molar-refractivity contribution in [2.45, 2.75) is 49.4 Å². The first-order valence-corrected chi connectivity index (χ1v) is 10.3. The highest BCUT2D eigenvalue weighted by Crippen LogP contribution is 2.31. The molecule has 1 saturated heterocycles. The third kappa shape index (κ3) is 3.55. The Bertz CT molecular complexity index is 895. The lowest BCUT2D eigenvalue weighted by Crippen LogP contribution is -2.29. The van der Waals surface area contributed by atoms with Crippen LogP contribution in [0.2, 0.25) is 5.02 Å². The molecule has 138 valence electrons. The number of benzene rings is 1. The average Bonchev–Trinajstić information content (AvgIpc) is 3.06. The lowest BCUT2D eigenvalue weighted by atomic mass is 9.95. The summed E-state index contributed by atoms with van der Waals surface area (Å²) in [6, 6.07) is 5.39. The maximum absolute atomic E-state index is 13.2. The number of rotatable bonds is 4. The smallest absolute Gasteiger partial charge is 0.407 e. The van der Waals surface area contributed by atoms with Gasteiger partial charge in [0.25, 0.3) is 5.56 Å². The largest absolute Gasteiger partial charge is 0.443 e. The van der Waals surface area contributed by atoms with Crippen molar-refractivity contribution in [2.75, 3.05) is 12.3 Å². The Kier molecular flexibility index (Phi) is 5.09. The predicted molar refractivity (Wildman–Crippen MR) is 102 cm³/mol. The molecule has 1 amide bonds. The Hall–Kier alpha value is -1.73. The fourth-order valence-electron chi connectivity index (χ4n) is 3.61. The maximum Gasteiger partial charge on any atom is 0.407 e. The van der Waals surface area contributed by atoms with Crippen LogP contribution in [0.25, 0.3) is 10.9 Å². The zero-order valence-electron chi connectivity index (χ0n) is 14.2. The molecule has 1 aliphatic heterocycles. The third-order valence-electron chi connectivity index (χ3n) is 4.92. The van der Waals surface area contributed by atoms with Gasteiger partial charge in [0.1, 0.15) is 6.10 Å². The molecule has 0 radical (unpaired) electrons. The van der Waals surface area contributed by atoms with E-state index < -0.39 is 6.09 Å². The van der Waals surface area contributed by atoms with Crippen LogP contribution in [0, 0.1) is 0 Å². The van der Waals surface area contributed by atoms with E-state index in [1.807, 2.05) is 4.57 Å². The van der Waals surface area contributed by atoms with Crippen LogP contribution in [0.5, 0.6) is 0 Å². The summed E-state index contributed by atoms with van der Waals surface area (Å²) in [4.78, 5) is 29.1. The molecule has 8 heteroatoms. The second kappa shape index (κ2) is 7.48. The monoisotopic (exact) mass is 393 g/mol. The lowest BCUT2D eigenvalue weighted by Gasteiger charge is -2.26. The van der Waals surface area contributed by atoms with Crippen LogP contribution in [0.15, 0.2) is 28.2 Å². The fourth-order valence-corrected chi connectivity index (χ4v) is 4.83. The molecule has 4 rings (SSSR count). The summed E-state index contributed by atoms with van der Waals surface area (Å²) in [5.41, 5.74) is 0.598. The summed E-state index contributed by atoms with van der Waals surface area (Å²) in [6.45, 7) is 0.485. The number of amides is 1. The summed E-state index contributed by atoms with van der Waals surface area (Å²) in [6.07, 6.45) is 4.86. The molecule has 1 unspecified atom stereocenters. The van der Waals surface area contributed by atoms with Gasteiger partial charge in [-0.3, -0.25) is 9.36 Å². The van der Waals surface area contributed by atoms with Crippen LogP contribution < -0.4 is 10.9 Å². The van der Waals surface area contributed by atoms with E-state index in [2.05, 4.69) is 5.32 Å². The fraction of sp³-hybridized carbons (Fsp3) is 0.500. The minimum Gasteiger partial charge on any atom is -0.443 e. The van der Waals surface area contributed by atoms with Crippen LogP contribution >= 0.6 is 23.4 Å². The van der Waals surface area contributed by atoms with Gasteiger partial charge in [0.2, 0.25) is 0 Å². The van der Waals surface area contributed by atoms with E-state index in [-0.39, 0.29) is 17.7 Å². The van der Waals surface area contributed by atoms with Crippen molar-refractivity contribution in [3.8, 4) is 0 Å². The third-order valence-corrected chi connectivity index (χ3v) is 6.24. The van der Waals surface area contributed by atoms with Crippen molar-refractivity contribution < 1.29 is 9.53 Å². The summed E-state index contributed by atoms with van der Waals surface area (Å²) in [5.74, 6) is 0.559. The van der Waals surface area contributed by atoms with E-state index in [1.54, 1.807) is 18.2 Å².